The molecule has 126 valence electrons. The first kappa shape index (κ1) is 17.4. The number of anilines is 2. The SMILES string of the molecule is Cc1cc(C)c(NC(=O)[C@@H](C)OC(=O)c2nccnc2N)c(C)c1. The minimum absolute atomic E-state index is 0.0414. The molecule has 0 saturated carbocycles. The second kappa shape index (κ2) is 7.08. The van der Waals surface area contributed by atoms with Gasteiger partial charge in [-0.05, 0) is 38.8 Å². The molecule has 1 aromatic carbocycles. The van der Waals surface area contributed by atoms with Crippen molar-refractivity contribution in [2.24, 2.45) is 0 Å². The molecular formula is C17H20N4O3. The summed E-state index contributed by atoms with van der Waals surface area (Å²) < 4.78 is 5.12. The Bertz CT molecular complexity index is 766. The van der Waals surface area contributed by atoms with E-state index < -0.39 is 18.0 Å². The van der Waals surface area contributed by atoms with Gasteiger partial charge in [0.05, 0.1) is 0 Å². The van der Waals surface area contributed by atoms with Crippen LogP contribution in [0.3, 0.4) is 0 Å². The van der Waals surface area contributed by atoms with Gasteiger partial charge in [-0.3, -0.25) is 4.79 Å². The summed E-state index contributed by atoms with van der Waals surface area (Å²) >= 11 is 0. The van der Waals surface area contributed by atoms with Crippen molar-refractivity contribution in [2.45, 2.75) is 33.8 Å². The van der Waals surface area contributed by atoms with Crippen molar-refractivity contribution >= 4 is 23.4 Å². The molecule has 7 nitrogen and oxygen atoms in total. The molecule has 1 aromatic heterocycles. The fourth-order valence-corrected chi connectivity index (χ4v) is 2.38. The van der Waals surface area contributed by atoms with E-state index >= 15 is 0 Å². The van der Waals surface area contributed by atoms with E-state index in [1.165, 1.54) is 19.3 Å². The minimum atomic E-state index is -1.00. The second-order valence-corrected chi connectivity index (χ2v) is 5.60. The van der Waals surface area contributed by atoms with Gasteiger partial charge in [-0.25, -0.2) is 14.8 Å². The molecule has 24 heavy (non-hydrogen) atoms. The predicted molar refractivity (Wildman–Crippen MR) is 90.6 cm³/mol. The maximum Gasteiger partial charge on any atom is 0.361 e. The zero-order valence-corrected chi connectivity index (χ0v) is 14.1. The van der Waals surface area contributed by atoms with Crippen LogP contribution in [0.5, 0.6) is 0 Å². The molecule has 2 rings (SSSR count). The van der Waals surface area contributed by atoms with E-state index in [9.17, 15) is 9.59 Å². The molecule has 2 aromatic rings. The minimum Gasteiger partial charge on any atom is -0.448 e. The Kier molecular flexibility index (Phi) is 5.13. The molecule has 0 saturated heterocycles. The Hall–Kier alpha value is -2.96. The topological polar surface area (TPSA) is 107 Å². The van der Waals surface area contributed by atoms with Gasteiger partial charge in [0, 0.05) is 18.1 Å². The summed E-state index contributed by atoms with van der Waals surface area (Å²) in [6.07, 6.45) is 1.70. The van der Waals surface area contributed by atoms with Crippen LogP contribution in [0.15, 0.2) is 24.5 Å². The van der Waals surface area contributed by atoms with Crippen LogP contribution in [0.25, 0.3) is 0 Å². The lowest BCUT2D eigenvalue weighted by atomic mass is 10.0. The summed E-state index contributed by atoms with van der Waals surface area (Å²) in [5.74, 6) is -1.26. The van der Waals surface area contributed by atoms with Crippen LogP contribution >= 0.6 is 0 Å². The van der Waals surface area contributed by atoms with Crippen molar-refractivity contribution < 1.29 is 14.3 Å². The number of rotatable bonds is 4. The number of carbonyl (C=O) groups is 2. The first-order valence-corrected chi connectivity index (χ1v) is 7.45. The molecule has 7 heteroatoms. The van der Waals surface area contributed by atoms with Crippen molar-refractivity contribution in [3.8, 4) is 0 Å². The van der Waals surface area contributed by atoms with Gasteiger partial charge in [0.2, 0.25) is 0 Å². The van der Waals surface area contributed by atoms with Gasteiger partial charge in [-0.15, -0.1) is 0 Å². The van der Waals surface area contributed by atoms with Gasteiger partial charge in [0.15, 0.2) is 17.6 Å². The largest absolute Gasteiger partial charge is 0.448 e. The number of nitrogens with zero attached hydrogens (tertiary/aromatic N) is 2. The third-order valence-electron chi connectivity index (χ3n) is 3.50. The summed E-state index contributed by atoms with van der Waals surface area (Å²) in [5.41, 5.74) is 9.18. The number of aromatic nitrogens is 2. The quantitative estimate of drug-likeness (QED) is 0.833. The van der Waals surface area contributed by atoms with Crippen LogP contribution < -0.4 is 11.1 Å². The normalized spacial score (nSPS) is 11.7. The number of hydrogen-bond acceptors (Lipinski definition) is 6. The van der Waals surface area contributed by atoms with Gasteiger partial charge in [-0.1, -0.05) is 17.7 Å². The van der Waals surface area contributed by atoms with Crippen LogP contribution in [-0.4, -0.2) is 27.9 Å². The highest BCUT2D eigenvalue weighted by molar-refractivity contribution is 5.98. The molecule has 3 N–H and O–H groups in total. The van der Waals surface area contributed by atoms with E-state index in [1.54, 1.807) is 0 Å². The predicted octanol–water partition coefficient (Wildman–Crippen LogP) is 2.17. The Morgan fingerprint density at radius 2 is 1.71 bits per heavy atom. The van der Waals surface area contributed by atoms with Gasteiger partial charge in [0.25, 0.3) is 5.91 Å². The van der Waals surface area contributed by atoms with E-state index in [1.807, 2.05) is 32.9 Å². The molecular weight excluding hydrogens is 308 g/mol. The summed E-state index contributed by atoms with van der Waals surface area (Å²) in [6.45, 7) is 7.29. The molecule has 0 spiro atoms. The van der Waals surface area contributed by atoms with E-state index in [0.29, 0.717) is 5.69 Å². The molecule has 1 amide bonds. The first-order valence-electron chi connectivity index (χ1n) is 7.45. The number of aryl methyl sites for hydroxylation is 3. The Balaban J connectivity index is 2.08. The number of ether oxygens (including phenoxy) is 1. The third-order valence-corrected chi connectivity index (χ3v) is 3.50. The molecule has 0 radical (unpaired) electrons. The van der Waals surface area contributed by atoms with Crippen LogP contribution in [0.4, 0.5) is 11.5 Å². The highest BCUT2D eigenvalue weighted by atomic mass is 16.5. The Morgan fingerprint density at radius 3 is 2.29 bits per heavy atom. The maximum absolute atomic E-state index is 12.3. The van der Waals surface area contributed by atoms with Crippen molar-refractivity contribution in [3.63, 3.8) is 0 Å². The van der Waals surface area contributed by atoms with Crippen molar-refractivity contribution in [3.05, 3.63) is 46.9 Å². The molecule has 1 heterocycles. The molecule has 0 unspecified atom stereocenters. The number of nitrogens with one attached hydrogen (secondary N) is 1. The van der Waals surface area contributed by atoms with Crippen LogP contribution in [-0.2, 0) is 9.53 Å². The lowest BCUT2D eigenvalue weighted by molar-refractivity contribution is -0.123. The van der Waals surface area contributed by atoms with Crippen LogP contribution in [0.1, 0.15) is 34.1 Å². The zero-order chi connectivity index (χ0) is 17.9. The number of nitrogen functional groups attached to an aromatic ring is 1. The highest BCUT2D eigenvalue weighted by Gasteiger charge is 2.22. The van der Waals surface area contributed by atoms with E-state index in [0.717, 1.165) is 16.7 Å². The zero-order valence-electron chi connectivity index (χ0n) is 14.1. The average molecular weight is 328 g/mol. The fourth-order valence-electron chi connectivity index (χ4n) is 2.38. The number of amides is 1. The van der Waals surface area contributed by atoms with Gasteiger partial charge < -0.3 is 15.8 Å². The summed E-state index contributed by atoms with van der Waals surface area (Å²) in [7, 11) is 0. The summed E-state index contributed by atoms with van der Waals surface area (Å²) in [4.78, 5) is 31.9. The van der Waals surface area contributed by atoms with Crippen molar-refractivity contribution in [2.75, 3.05) is 11.1 Å². The van der Waals surface area contributed by atoms with Crippen molar-refractivity contribution in [1.29, 1.82) is 0 Å². The van der Waals surface area contributed by atoms with Gasteiger partial charge in [-0.2, -0.15) is 0 Å². The molecule has 0 aliphatic rings. The smallest absolute Gasteiger partial charge is 0.361 e. The average Bonchev–Trinajstić information content (AvgIpc) is 2.50. The molecule has 0 fully saturated rings. The van der Waals surface area contributed by atoms with E-state index in [4.69, 9.17) is 10.5 Å². The van der Waals surface area contributed by atoms with E-state index in [-0.39, 0.29) is 11.5 Å². The number of benzene rings is 1. The monoisotopic (exact) mass is 328 g/mol. The van der Waals surface area contributed by atoms with Gasteiger partial charge in [0.1, 0.15) is 0 Å². The first-order chi connectivity index (χ1) is 11.3. The second-order valence-electron chi connectivity index (χ2n) is 5.60. The molecule has 0 aliphatic heterocycles. The number of hydrogen-bond donors (Lipinski definition) is 2. The van der Waals surface area contributed by atoms with Crippen LogP contribution in [0.2, 0.25) is 0 Å². The number of esters is 1. The number of nitrogens with two attached hydrogens (primary N) is 1. The summed E-state index contributed by atoms with van der Waals surface area (Å²) in [5, 5.41) is 2.79. The maximum atomic E-state index is 12.3. The lowest BCUT2D eigenvalue weighted by Gasteiger charge is -2.16. The van der Waals surface area contributed by atoms with Gasteiger partial charge >= 0.3 is 5.97 Å². The Morgan fingerprint density at radius 1 is 1.12 bits per heavy atom. The van der Waals surface area contributed by atoms with Crippen molar-refractivity contribution in [1.82, 2.24) is 9.97 Å². The van der Waals surface area contributed by atoms with Crippen LogP contribution in [0, 0.1) is 20.8 Å². The number of carbonyl (C=O) groups excluding carboxylic acids is 2. The molecule has 0 aliphatic carbocycles. The standard InChI is InChI=1S/C17H20N4O3/c1-9-7-10(2)13(11(3)8-9)21-16(22)12(4)24-17(23)14-15(18)20-6-5-19-14/h5-8,12H,1-4H3,(H2,18,20)(H,21,22)/t12-/m1/s1. The van der Waals surface area contributed by atoms with E-state index in [2.05, 4.69) is 15.3 Å². The Labute approximate surface area is 140 Å². The highest BCUT2D eigenvalue weighted by Crippen LogP contribution is 2.22. The third kappa shape index (κ3) is 3.87. The lowest BCUT2D eigenvalue weighted by Crippen LogP contribution is -2.31. The molecule has 1 atom stereocenters. The molecule has 0 bridgehead atoms. The fraction of sp³-hybridized carbons (Fsp3) is 0.294. The summed E-state index contributed by atoms with van der Waals surface area (Å²) in [6, 6.07) is 3.94.